The molecular weight excluding hydrogens is 390 g/mol. The van der Waals surface area contributed by atoms with Crippen LogP contribution < -0.4 is 10.6 Å². The highest BCUT2D eigenvalue weighted by Crippen LogP contribution is 2.31. The highest BCUT2D eigenvalue weighted by molar-refractivity contribution is 7.15. The summed E-state index contributed by atoms with van der Waals surface area (Å²) in [6, 6.07) is 8.77. The molecule has 3 amide bonds. The van der Waals surface area contributed by atoms with Gasteiger partial charge in [-0.25, -0.2) is 4.79 Å². The number of carbonyl (C=O) groups is 2. The quantitative estimate of drug-likeness (QED) is 0.756. The van der Waals surface area contributed by atoms with Gasteiger partial charge in [0.1, 0.15) is 17.2 Å². The second kappa shape index (κ2) is 9.32. The number of nitrogens with one attached hydrogen (secondary N) is 2. The SMILES string of the molecule is O=C(Nc1nnc([C@H]2CCCO2)s1)[C@@H](Cc1ccccc1)NC(=O)N1CCCC1. The van der Waals surface area contributed by atoms with Crippen molar-refractivity contribution in [3.63, 3.8) is 0 Å². The number of urea groups is 1. The predicted octanol–water partition coefficient (Wildman–Crippen LogP) is 2.74. The van der Waals surface area contributed by atoms with Gasteiger partial charge >= 0.3 is 6.03 Å². The largest absolute Gasteiger partial charge is 0.371 e. The molecule has 0 bridgehead atoms. The molecule has 0 radical (unpaired) electrons. The number of anilines is 1. The van der Waals surface area contributed by atoms with Gasteiger partial charge in [0.25, 0.3) is 0 Å². The summed E-state index contributed by atoms with van der Waals surface area (Å²) >= 11 is 1.32. The van der Waals surface area contributed by atoms with Crippen LogP contribution in [0, 0.1) is 0 Å². The van der Waals surface area contributed by atoms with Crippen molar-refractivity contribution in [3.05, 3.63) is 40.9 Å². The van der Waals surface area contributed by atoms with Crippen LogP contribution in [-0.2, 0) is 16.0 Å². The third-order valence-corrected chi connectivity index (χ3v) is 6.10. The molecule has 2 saturated heterocycles. The molecule has 9 heteroatoms. The van der Waals surface area contributed by atoms with Crippen molar-refractivity contribution in [1.29, 1.82) is 0 Å². The minimum atomic E-state index is -0.694. The molecule has 0 aliphatic carbocycles. The standard InChI is InChI=1S/C20H25N5O3S/c26-17(22-19-24-23-18(29-19)16-9-6-12-28-16)15(13-14-7-2-1-3-8-14)21-20(27)25-10-4-5-11-25/h1-3,7-8,15-16H,4-6,9-13H2,(H,21,27)(H,22,24,26)/t15-,16-/m1/s1. The number of likely N-dealkylation sites (tertiary alicyclic amines) is 1. The van der Waals surface area contributed by atoms with Crippen LogP contribution in [0.4, 0.5) is 9.93 Å². The van der Waals surface area contributed by atoms with Crippen molar-refractivity contribution >= 4 is 28.4 Å². The lowest BCUT2D eigenvalue weighted by atomic mass is 10.1. The van der Waals surface area contributed by atoms with E-state index in [1.54, 1.807) is 4.90 Å². The van der Waals surface area contributed by atoms with Crippen LogP contribution in [-0.4, -0.2) is 52.8 Å². The highest BCUT2D eigenvalue weighted by Gasteiger charge is 2.27. The van der Waals surface area contributed by atoms with E-state index < -0.39 is 6.04 Å². The minimum Gasteiger partial charge on any atom is -0.371 e. The van der Waals surface area contributed by atoms with E-state index in [0.29, 0.717) is 11.6 Å². The van der Waals surface area contributed by atoms with E-state index in [2.05, 4.69) is 20.8 Å². The average Bonchev–Trinajstić information content (AvgIpc) is 3.49. The minimum absolute atomic E-state index is 0.0341. The summed E-state index contributed by atoms with van der Waals surface area (Å²) in [6.07, 6.45) is 4.30. The number of hydrogen-bond donors (Lipinski definition) is 2. The normalized spacial score (nSPS) is 19.9. The van der Waals surface area contributed by atoms with Crippen LogP contribution in [0.5, 0.6) is 0 Å². The first kappa shape index (κ1) is 19.8. The number of rotatable bonds is 6. The molecule has 29 heavy (non-hydrogen) atoms. The number of nitrogens with zero attached hydrogens (tertiary/aromatic N) is 3. The lowest BCUT2D eigenvalue weighted by Gasteiger charge is -2.22. The molecule has 2 aromatic rings. The summed E-state index contributed by atoms with van der Waals surface area (Å²) < 4.78 is 5.63. The van der Waals surface area contributed by atoms with Crippen LogP contribution in [0.15, 0.2) is 30.3 Å². The average molecular weight is 416 g/mol. The number of amides is 3. The number of ether oxygens (including phenoxy) is 1. The first-order valence-electron chi connectivity index (χ1n) is 10.0. The monoisotopic (exact) mass is 415 g/mol. The van der Waals surface area contributed by atoms with Crippen molar-refractivity contribution in [2.75, 3.05) is 25.0 Å². The van der Waals surface area contributed by atoms with Crippen LogP contribution in [0.2, 0.25) is 0 Å². The van der Waals surface area contributed by atoms with E-state index in [1.165, 1.54) is 11.3 Å². The first-order chi connectivity index (χ1) is 14.2. The van der Waals surface area contributed by atoms with Crippen molar-refractivity contribution in [2.45, 2.75) is 44.2 Å². The summed E-state index contributed by atoms with van der Waals surface area (Å²) in [5, 5.41) is 15.1. The number of aromatic nitrogens is 2. The molecule has 2 N–H and O–H groups in total. The fourth-order valence-electron chi connectivity index (χ4n) is 3.60. The summed E-state index contributed by atoms with van der Waals surface area (Å²) in [6.45, 7) is 2.19. The van der Waals surface area contributed by atoms with E-state index in [-0.39, 0.29) is 18.0 Å². The molecule has 2 aliphatic rings. The number of benzene rings is 1. The second-order valence-corrected chi connectivity index (χ2v) is 8.33. The molecule has 1 aromatic heterocycles. The zero-order valence-electron chi connectivity index (χ0n) is 16.2. The van der Waals surface area contributed by atoms with Crippen molar-refractivity contribution < 1.29 is 14.3 Å². The van der Waals surface area contributed by atoms with E-state index in [9.17, 15) is 9.59 Å². The molecule has 8 nitrogen and oxygen atoms in total. The Balaban J connectivity index is 1.43. The van der Waals surface area contributed by atoms with Crippen molar-refractivity contribution in [3.8, 4) is 0 Å². The maximum absolute atomic E-state index is 13.0. The van der Waals surface area contributed by atoms with Gasteiger partial charge in [-0.3, -0.25) is 10.1 Å². The van der Waals surface area contributed by atoms with Gasteiger partial charge in [0, 0.05) is 26.1 Å². The fourth-order valence-corrected chi connectivity index (χ4v) is 4.43. The Labute approximate surface area is 173 Å². The zero-order chi connectivity index (χ0) is 20.1. The first-order valence-corrected chi connectivity index (χ1v) is 10.9. The molecule has 2 fully saturated rings. The molecule has 0 saturated carbocycles. The Morgan fingerprint density at radius 2 is 1.97 bits per heavy atom. The zero-order valence-corrected chi connectivity index (χ0v) is 17.0. The number of hydrogen-bond acceptors (Lipinski definition) is 6. The van der Waals surface area contributed by atoms with Crippen LogP contribution in [0.1, 0.15) is 42.4 Å². The van der Waals surface area contributed by atoms with Gasteiger partial charge in [-0.05, 0) is 31.2 Å². The molecule has 3 heterocycles. The third kappa shape index (κ3) is 5.10. The lowest BCUT2D eigenvalue weighted by molar-refractivity contribution is -0.118. The van der Waals surface area contributed by atoms with E-state index in [1.807, 2.05) is 30.3 Å². The molecule has 2 aliphatic heterocycles. The van der Waals surface area contributed by atoms with E-state index in [0.717, 1.165) is 56.0 Å². The Morgan fingerprint density at radius 3 is 2.69 bits per heavy atom. The Hall–Kier alpha value is -2.52. The Bertz CT molecular complexity index is 832. The fraction of sp³-hybridized carbons (Fsp3) is 0.500. The molecular formula is C20H25N5O3S. The topological polar surface area (TPSA) is 96.5 Å². The summed E-state index contributed by atoms with van der Waals surface area (Å²) in [5.41, 5.74) is 0.978. The molecule has 0 unspecified atom stereocenters. The van der Waals surface area contributed by atoms with Gasteiger partial charge in [0.05, 0.1) is 0 Å². The Morgan fingerprint density at radius 1 is 1.17 bits per heavy atom. The van der Waals surface area contributed by atoms with Crippen LogP contribution in [0.25, 0.3) is 0 Å². The second-order valence-electron chi connectivity index (χ2n) is 7.32. The summed E-state index contributed by atoms with van der Waals surface area (Å²) in [7, 11) is 0. The molecule has 154 valence electrons. The predicted molar refractivity (Wildman–Crippen MR) is 110 cm³/mol. The Kier molecular flexibility index (Phi) is 6.36. The molecule has 2 atom stereocenters. The van der Waals surface area contributed by atoms with Gasteiger partial charge in [0.2, 0.25) is 11.0 Å². The molecule has 0 spiro atoms. The summed E-state index contributed by atoms with van der Waals surface area (Å²) in [4.78, 5) is 27.3. The third-order valence-electron chi connectivity index (χ3n) is 5.17. The van der Waals surface area contributed by atoms with Crippen LogP contribution in [0.3, 0.4) is 0 Å². The van der Waals surface area contributed by atoms with E-state index in [4.69, 9.17) is 4.74 Å². The maximum Gasteiger partial charge on any atom is 0.318 e. The van der Waals surface area contributed by atoms with Crippen molar-refractivity contribution in [1.82, 2.24) is 20.4 Å². The van der Waals surface area contributed by atoms with E-state index >= 15 is 0 Å². The number of carbonyl (C=O) groups excluding carboxylic acids is 2. The molecule has 4 rings (SSSR count). The van der Waals surface area contributed by atoms with Crippen LogP contribution >= 0.6 is 11.3 Å². The maximum atomic E-state index is 13.0. The van der Waals surface area contributed by atoms with Gasteiger partial charge in [-0.1, -0.05) is 41.7 Å². The smallest absolute Gasteiger partial charge is 0.318 e. The van der Waals surface area contributed by atoms with Crippen molar-refractivity contribution in [2.24, 2.45) is 0 Å². The molecule has 1 aromatic carbocycles. The lowest BCUT2D eigenvalue weighted by Crippen LogP contribution is -2.49. The van der Waals surface area contributed by atoms with Gasteiger partial charge in [-0.15, -0.1) is 10.2 Å². The van der Waals surface area contributed by atoms with Gasteiger partial charge < -0.3 is 15.0 Å². The van der Waals surface area contributed by atoms with Gasteiger partial charge in [-0.2, -0.15) is 0 Å². The highest BCUT2D eigenvalue weighted by atomic mass is 32.1. The summed E-state index contributed by atoms with van der Waals surface area (Å²) in [5.74, 6) is -0.295. The van der Waals surface area contributed by atoms with Gasteiger partial charge in [0.15, 0.2) is 0 Å².